The van der Waals surface area contributed by atoms with Crippen LogP contribution in [0.1, 0.15) is 18.5 Å². The quantitative estimate of drug-likeness (QED) is 0.849. The molecular weight excluding hydrogens is 369 g/mol. The summed E-state index contributed by atoms with van der Waals surface area (Å²) in [6.45, 7) is 5.55. The third-order valence-electron chi connectivity index (χ3n) is 4.87. The summed E-state index contributed by atoms with van der Waals surface area (Å²) in [6.07, 6.45) is 0. The maximum atomic E-state index is 12.5. The summed E-state index contributed by atoms with van der Waals surface area (Å²) in [5.74, 6) is 0.169. The van der Waals surface area contributed by atoms with Crippen molar-refractivity contribution in [1.82, 2.24) is 4.90 Å². The van der Waals surface area contributed by atoms with Crippen molar-refractivity contribution in [3.63, 3.8) is 0 Å². The normalized spacial score (nSPS) is 15.8. The number of hydrogen-bond acceptors (Lipinski definition) is 2. The van der Waals surface area contributed by atoms with E-state index in [1.165, 1.54) is 0 Å². The van der Waals surface area contributed by atoms with Crippen LogP contribution in [-0.2, 0) is 4.79 Å². The van der Waals surface area contributed by atoms with Gasteiger partial charge < -0.3 is 15.1 Å². The van der Waals surface area contributed by atoms with Gasteiger partial charge in [-0.25, -0.2) is 0 Å². The molecule has 3 rings (SSSR count). The van der Waals surface area contributed by atoms with Crippen LogP contribution >= 0.6 is 23.2 Å². The molecule has 1 fully saturated rings. The number of nitrogens with zero attached hydrogens (tertiary/aromatic N) is 2. The average Bonchev–Trinajstić information content (AvgIpc) is 2.67. The maximum absolute atomic E-state index is 12.5. The van der Waals surface area contributed by atoms with Crippen LogP contribution in [0, 0.1) is 0 Å². The Labute approximate surface area is 164 Å². The van der Waals surface area contributed by atoms with E-state index in [0.29, 0.717) is 6.54 Å². The fraction of sp³-hybridized carbons (Fsp3) is 0.350. The average molecular weight is 393 g/mol. The summed E-state index contributed by atoms with van der Waals surface area (Å²) in [7, 11) is 0. The number of amides is 1. The number of nitrogens with two attached hydrogens (primary N) is 1. The van der Waals surface area contributed by atoms with E-state index in [9.17, 15) is 4.79 Å². The molecule has 1 aliphatic heterocycles. The van der Waals surface area contributed by atoms with Gasteiger partial charge in [0.2, 0.25) is 0 Å². The fourth-order valence-corrected chi connectivity index (χ4v) is 3.85. The van der Waals surface area contributed by atoms with Gasteiger partial charge in [-0.1, -0.05) is 53.5 Å². The van der Waals surface area contributed by atoms with Gasteiger partial charge >= 0.3 is 0 Å². The Morgan fingerprint density at radius 2 is 1.62 bits per heavy atom. The van der Waals surface area contributed by atoms with Crippen molar-refractivity contribution < 1.29 is 10.1 Å². The highest BCUT2D eigenvalue weighted by atomic mass is 35.5. The standard InChI is InChI=1S/C20H23Cl2N3O/c1-15(16-6-2-3-7-17(16)21)23-14-20(26)25-12-10-24(11-13-25)19-9-5-4-8-18(19)22/h2-9,15,23H,10-14H2,1H3/p+1/t15-/m0/s1. The molecule has 0 unspecified atom stereocenters. The molecule has 1 amide bonds. The molecule has 26 heavy (non-hydrogen) atoms. The molecule has 4 nitrogen and oxygen atoms in total. The number of carbonyl (C=O) groups is 1. The number of halogens is 2. The van der Waals surface area contributed by atoms with Crippen LogP contribution in [0.2, 0.25) is 10.0 Å². The number of carbonyl (C=O) groups excluding carboxylic acids is 1. The topological polar surface area (TPSA) is 40.2 Å². The van der Waals surface area contributed by atoms with Gasteiger partial charge in [-0.2, -0.15) is 0 Å². The molecule has 2 aromatic rings. The number of rotatable bonds is 5. The molecule has 1 saturated heterocycles. The lowest BCUT2D eigenvalue weighted by Crippen LogP contribution is -2.87. The van der Waals surface area contributed by atoms with Gasteiger partial charge in [0, 0.05) is 36.8 Å². The molecule has 0 aromatic heterocycles. The summed E-state index contributed by atoms with van der Waals surface area (Å²) in [4.78, 5) is 16.7. The van der Waals surface area contributed by atoms with E-state index in [2.05, 4.69) is 11.8 Å². The second-order valence-electron chi connectivity index (χ2n) is 6.57. The van der Waals surface area contributed by atoms with E-state index in [1.54, 1.807) is 0 Å². The van der Waals surface area contributed by atoms with Gasteiger partial charge in [0.05, 0.1) is 10.7 Å². The second kappa shape index (κ2) is 8.76. The third kappa shape index (κ3) is 4.50. The molecule has 1 heterocycles. The number of benzene rings is 2. The van der Waals surface area contributed by atoms with E-state index in [1.807, 2.05) is 58.7 Å². The smallest absolute Gasteiger partial charge is 0.277 e. The molecule has 138 valence electrons. The Balaban J connectivity index is 1.50. The molecule has 1 aliphatic rings. The Morgan fingerprint density at radius 1 is 1.00 bits per heavy atom. The van der Waals surface area contributed by atoms with Gasteiger partial charge in [-0.15, -0.1) is 0 Å². The van der Waals surface area contributed by atoms with Gasteiger partial charge in [0.1, 0.15) is 6.04 Å². The highest BCUT2D eigenvalue weighted by Gasteiger charge is 2.24. The van der Waals surface area contributed by atoms with Crippen molar-refractivity contribution in [2.45, 2.75) is 13.0 Å². The highest BCUT2D eigenvalue weighted by Crippen LogP contribution is 2.26. The maximum Gasteiger partial charge on any atom is 0.277 e. The lowest BCUT2D eigenvalue weighted by atomic mass is 10.1. The molecule has 2 aromatic carbocycles. The lowest BCUT2D eigenvalue weighted by molar-refractivity contribution is -0.683. The van der Waals surface area contributed by atoms with E-state index in [-0.39, 0.29) is 11.9 Å². The number of anilines is 1. The fourth-order valence-electron chi connectivity index (χ4n) is 3.28. The van der Waals surface area contributed by atoms with Crippen molar-refractivity contribution in [3.8, 4) is 0 Å². The number of para-hydroxylation sites is 1. The largest absolute Gasteiger partial charge is 0.367 e. The Kier molecular flexibility index (Phi) is 6.41. The molecule has 1 atom stereocenters. The van der Waals surface area contributed by atoms with E-state index < -0.39 is 0 Å². The first-order valence-corrected chi connectivity index (χ1v) is 9.67. The Morgan fingerprint density at radius 3 is 2.27 bits per heavy atom. The molecule has 0 radical (unpaired) electrons. The predicted octanol–water partition coefficient (Wildman–Crippen LogP) is 2.97. The van der Waals surface area contributed by atoms with Crippen LogP contribution in [0.4, 0.5) is 5.69 Å². The van der Waals surface area contributed by atoms with Crippen LogP contribution in [0.25, 0.3) is 0 Å². The second-order valence-corrected chi connectivity index (χ2v) is 7.38. The van der Waals surface area contributed by atoms with Crippen LogP contribution in [0.3, 0.4) is 0 Å². The van der Waals surface area contributed by atoms with E-state index in [4.69, 9.17) is 23.2 Å². The summed E-state index contributed by atoms with van der Waals surface area (Å²) in [5, 5.41) is 3.55. The Hall–Kier alpha value is -1.75. The zero-order valence-electron chi connectivity index (χ0n) is 14.9. The van der Waals surface area contributed by atoms with E-state index in [0.717, 1.165) is 47.5 Å². The van der Waals surface area contributed by atoms with Crippen LogP contribution in [0.5, 0.6) is 0 Å². The first-order chi connectivity index (χ1) is 12.6. The minimum Gasteiger partial charge on any atom is -0.367 e. The highest BCUT2D eigenvalue weighted by molar-refractivity contribution is 6.33. The van der Waals surface area contributed by atoms with Gasteiger partial charge in [0.15, 0.2) is 6.54 Å². The molecule has 0 saturated carbocycles. The first-order valence-electron chi connectivity index (χ1n) is 8.91. The number of hydrogen-bond donors (Lipinski definition) is 1. The first kappa shape index (κ1) is 19.0. The minimum absolute atomic E-state index is 0.150. The summed E-state index contributed by atoms with van der Waals surface area (Å²) in [5.41, 5.74) is 2.10. The molecular formula is C20H24Cl2N3O+. The van der Waals surface area contributed by atoms with Gasteiger partial charge in [-0.3, -0.25) is 4.79 Å². The van der Waals surface area contributed by atoms with Crippen LogP contribution in [-0.4, -0.2) is 43.5 Å². The van der Waals surface area contributed by atoms with Crippen LogP contribution in [0.15, 0.2) is 48.5 Å². The van der Waals surface area contributed by atoms with Gasteiger partial charge in [-0.05, 0) is 25.1 Å². The minimum atomic E-state index is 0.150. The van der Waals surface area contributed by atoms with E-state index >= 15 is 0 Å². The summed E-state index contributed by atoms with van der Waals surface area (Å²) in [6, 6.07) is 15.8. The summed E-state index contributed by atoms with van der Waals surface area (Å²) < 4.78 is 0. The zero-order valence-corrected chi connectivity index (χ0v) is 16.4. The van der Waals surface area contributed by atoms with Crippen LogP contribution < -0.4 is 10.2 Å². The van der Waals surface area contributed by atoms with Crippen molar-refractivity contribution in [2.75, 3.05) is 37.6 Å². The lowest BCUT2D eigenvalue weighted by Gasteiger charge is -2.36. The number of piperazine rings is 1. The number of quaternary nitrogens is 1. The van der Waals surface area contributed by atoms with Crippen molar-refractivity contribution >= 4 is 34.8 Å². The van der Waals surface area contributed by atoms with Crippen molar-refractivity contribution in [3.05, 3.63) is 64.1 Å². The predicted molar refractivity (Wildman–Crippen MR) is 107 cm³/mol. The molecule has 2 N–H and O–H groups in total. The molecule has 0 bridgehead atoms. The van der Waals surface area contributed by atoms with Gasteiger partial charge in [0.25, 0.3) is 5.91 Å². The molecule has 0 spiro atoms. The molecule has 0 aliphatic carbocycles. The summed E-state index contributed by atoms with van der Waals surface area (Å²) >= 11 is 12.5. The third-order valence-corrected chi connectivity index (χ3v) is 5.53. The van der Waals surface area contributed by atoms with Crippen molar-refractivity contribution in [1.29, 1.82) is 0 Å². The SMILES string of the molecule is C[C@H]([NH2+]CC(=O)N1CCN(c2ccccc2Cl)CC1)c1ccccc1Cl. The zero-order chi connectivity index (χ0) is 18.5. The Bertz CT molecular complexity index is 760. The van der Waals surface area contributed by atoms with Crippen molar-refractivity contribution in [2.24, 2.45) is 0 Å². The molecule has 6 heteroatoms. The monoisotopic (exact) mass is 392 g/mol.